The third-order valence-corrected chi connectivity index (χ3v) is 13.1. The molecule has 47 heavy (non-hydrogen) atoms. The summed E-state index contributed by atoms with van der Waals surface area (Å²) in [6, 6.07) is 14.3. The van der Waals surface area contributed by atoms with Crippen molar-refractivity contribution in [3.8, 4) is 0 Å². The number of halogens is 3. The summed E-state index contributed by atoms with van der Waals surface area (Å²) in [5.74, 6) is 0.844. The van der Waals surface area contributed by atoms with Crippen LogP contribution >= 0.6 is 44.3 Å². The molecular formula is C31H33Br2ClN6O5S2. The first-order valence-corrected chi connectivity index (χ1v) is 19.1. The molecule has 250 valence electrons. The summed E-state index contributed by atoms with van der Waals surface area (Å²) in [4.78, 5) is 8.81. The fraction of sp³-hybridized carbons (Fsp3) is 0.290. The topological polar surface area (TPSA) is 152 Å². The summed E-state index contributed by atoms with van der Waals surface area (Å²) in [6.45, 7) is 2.39. The van der Waals surface area contributed by atoms with Crippen molar-refractivity contribution in [2.75, 3.05) is 26.2 Å². The molecule has 5 heterocycles. The highest BCUT2D eigenvalue weighted by atomic mass is 79.9. The van der Waals surface area contributed by atoms with Gasteiger partial charge in [0.1, 0.15) is 5.76 Å². The summed E-state index contributed by atoms with van der Waals surface area (Å²) in [5, 5.41) is 6.31. The van der Waals surface area contributed by atoms with Crippen molar-refractivity contribution in [1.82, 2.24) is 23.9 Å². The van der Waals surface area contributed by atoms with Crippen LogP contribution in [0.2, 0.25) is 0 Å². The van der Waals surface area contributed by atoms with E-state index in [0.717, 1.165) is 23.0 Å². The number of nitrogens with one attached hydrogen (secondary N) is 1. The summed E-state index contributed by atoms with van der Waals surface area (Å²) >= 11 is 6.83. The van der Waals surface area contributed by atoms with E-state index in [-0.39, 0.29) is 24.5 Å². The molecule has 0 radical (unpaired) electrons. The van der Waals surface area contributed by atoms with E-state index in [2.05, 4.69) is 47.1 Å². The van der Waals surface area contributed by atoms with Crippen molar-refractivity contribution >= 4 is 85.9 Å². The lowest BCUT2D eigenvalue weighted by atomic mass is 10.2. The van der Waals surface area contributed by atoms with E-state index < -0.39 is 20.0 Å². The van der Waals surface area contributed by atoms with Crippen LogP contribution < -0.4 is 11.1 Å². The lowest BCUT2D eigenvalue weighted by Crippen LogP contribution is -2.35. The number of hydrogen-bond acceptors (Lipinski definition) is 9. The Morgan fingerprint density at radius 1 is 0.787 bits per heavy atom. The largest absolute Gasteiger partial charge is 0.468 e. The van der Waals surface area contributed by atoms with Gasteiger partial charge >= 0.3 is 0 Å². The first-order chi connectivity index (χ1) is 22.1. The van der Waals surface area contributed by atoms with E-state index >= 15 is 0 Å². The number of sulfonamides is 2. The summed E-state index contributed by atoms with van der Waals surface area (Å²) < 4.78 is 61.7. The Morgan fingerprint density at radius 3 is 1.85 bits per heavy atom. The first kappa shape index (κ1) is 35.8. The van der Waals surface area contributed by atoms with Crippen molar-refractivity contribution in [2.24, 2.45) is 5.73 Å². The van der Waals surface area contributed by atoms with Gasteiger partial charge in [0.05, 0.1) is 22.6 Å². The number of rotatable bonds is 7. The molecule has 2 aromatic carbocycles. The Bertz CT molecular complexity index is 2080. The van der Waals surface area contributed by atoms with Gasteiger partial charge in [-0.3, -0.25) is 9.97 Å². The van der Waals surface area contributed by atoms with E-state index in [1.807, 2.05) is 24.3 Å². The molecule has 2 fully saturated rings. The number of pyridine rings is 2. The normalized spacial score (nSPS) is 19.0. The molecule has 2 aliphatic rings. The Labute approximate surface area is 296 Å². The number of fused-ring (bicyclic) bond motifs is 2. The lowest BCUT2D eigenvalue weighted by Gasteiger charge is -2.18. The summed E-state index contributed by atoms with van der Waals surface area (Å²) in [7, 11) is -7.11. The molecule has 0 bridgehead atoms. The van der Waals surface area contributed by atoms with Crippen LogP contribution in [0.25, 0.3) is 21.5 Å². The molecule has 3 aromatic heterocycles. The van der Waals surface area contributed by atoms with Crippen molar-refractivity contribution in [3.63, 3.8) is 0 Å². The minimum atomic E-state index is -3.58. The summed E-state index contributed by atoms with van der Waals surface area (Å²) in [6.07, 6.45) is 9.68. The van der Waals surface area contributed by atoms with Gasteiger partial charge in [0.2, 0.25) is 20.0 Å². The highest BCUT2D eigenvalue weighted by molar-refractivity contribution is 9.11. The van der Waals surface area contributed by atoms with Crippen molar-refractivity contribution in [3.05, 3.63) is 94.3 Å². The van der Waals surface area contributed by atoms with Crippen LogP contribution in [0.5, 0.6) is 0 Å². The highest BCUT2D eigenvalue weighted by Gasteiger charge is 2.34. The van der Waals surface area contributed by atoms with E-state index in [0.29, 0.717) is 68.7 Å². The minimum absolute atomic E-state index is 0. The molecule has 3 N–H and O–H groups in total. The maximum atomic E-state index is 13.2. The number of aromatic nitrogens is 2. The van der Waals surface area contributed by atoms with E-state index in [1.54, 1.807) is 59.6 Å². The van der Waals surface area contributed by atoms with Crippen LogP contribution in [0.15, 0.2) is 103 Å². The Kier molecular flexibility index (Phi) is 11.4. The van der Waals surface area contributed by atoms with Crippen LogP contribution in [-0.2, 0) is 26.6 Å². The van der Waals surface area contributed by atoms with Crippen molar-refractivity contribution in [2.45, 2.75) is 41.3 Å². The quantitative estimate of drug-likeness (QED) is 0.223. The molecule has 2 saturated heterocycles. The molecule has 0 spiro atoms. The molecule has 2 aliphatic heterocycles. The fourth-order valence-corrected chi connectivity index (χ4v) is 10.6. The minimum Gasteiger partial charge on any atom is -0.468 e. The number of hydrogen-bond donors (Lipinski definition) is 2. The zero-order valence-electron chi connectivity index (χ0n) is 25.0. The van der Waals surface area contributed by atoms with Crippen LogP contribution in [-0.4, -0.2) is 73.7 Å². The van der Waals surface area contributed by atoms with Gasteiger partial charge in [-0.25, -0.2) is 16.8 Å². The Hall–Kier alpha value is -2.47. The Morgan fingerprint density at radius 2 is 1.34 bits per heavy atom. The Balaban J connectivity index is 0.000000187. The molecular weight excluding hydrogens is 796 g/mol. The predicted molar refractivity (Wildman–Crippen MR) is 190 cm³/mol. The smallest absolute Gasteiger partial charge is 0.243 e. The second kappa shape index (κ2) is 15.0. The molecule has 0 aliphatic carbocycles. The van der Waals surface area contributed by atoms with Gasteiger partial charge in [0, 0.05) is 93.5 Å². The van der Waals surface area contributed by atoms with Gasteiger partial charge in [-0.05, 0) is 69.0 Å². The van der Waals surface area contributed by atoms with E-state index in [1.165, 1.54) is 4.31 Å². The number of nitrogens with two attached hydrogens (primary N) is 1. The molecule has 16 heteroatoms. The van der Waals surface area contributed by atoms with Crippen molar-refractivity contribution in [1.29, 1.82) is 0 Å². The second-order valence-electron chi connectivity index (χ2n) is 11.2. The molecule has 0 unspecified atom stereocenters. The SMILES string of the molecule is Cl.N[C@@H]1CCN(S(=O)(=O)c2cccc3cncc(Br)c23)C1.O=S(=O)(c1cccc2cncc(Br)c12)N1CC[C@@H](NCc2ccco2)C1. The van der Waals surface area contributed by atoms with Gasteiger partial charge in [-0.1, -0.05) is 24.3 Å². The number of nitrogens with zero attached hydrogens (tertiary/aromatic N) is 4. The third kappa shape index (κ3) is 7.58. The predicted octanol–water partition coefficient (Wildman–Crippen LogP) is 5.28. The third-order valence-electron chi connectivity index (χ3n) is 8.12. The fourth-order valence-electron chi connectivity index (χ4n) is 5.77. The maximum Gasteiger partial charge on any atom is 0.243 e. The van der Waals surface area contributed by atoms with Gasteiger partial charge in [-0.2, -0.15) is 8.61 Å². The zero-order valence-corrected chi connectivity index (χ0v) is 30.6. The van der Waals surface area contributed by atoms with Crippen LogP contribution in [0.3, 0.4) is 0 Å². The van der Waals surface area contributed by atoms with Crippen LogP contribution in [0, 0.1) is 0 Å². The van der Waals surface area contributed by atoms with E-state index in [9.17, 15) is 16.8 Å². The number of benzene rings is 2. The monoisotopic (exact) mass is 826 g/mol. The molecule has 5 aromatic rings. The molecule has 7 rings (SSSR count). The first-order valence-electron chi connectivity index (χ1n) is 14.6. The molecule has 11 nitrogen and oxygen atoms in total. The second-order valence-corrected chi connectivity index (χ2v) is 16.7. The van der Waals surface area contributed by atoms with Gasteiger partial charge in [0.15, 0.2) is 0 Å². The van der Waals surface area contributed by atoms with E-state index in [4.69, 9.17) is 10.2 Å². The van der Waals surface area contributed by atoms with Gasteiger partial charge in [0.25, 0.3) is 0 Å². The highest BCUT2D eigenvalue weighted by Crippen LogP contribution is 2.33. The number of furan rings is 1. The summed E-state index contributed by atoms with van der Waals surface area (Å²) in [5.41, 5.74) is 5.82. The lowest BCUT2D eigenvalue weighted by molar-refractivity contribution is 0.433. The molecule has 0 amide bonds. The van der Waals surface area contributed by atoms with Gasteiger partial charge in [-0.15, -0.1) is 12.4 Å². The van der Waals surface area contributed by atoms with Crippen molar-refractivity contribution < 1.29 is 21.3 Å². The standard InChI is InChI=1S/C18H18BrN3O3S.C13H14BrN3O2S.ClH/c19-16-11-20-9-13-3-1-5-17(18(13)16)26(23,24)22-7-6-14(12-22)21-10-15-4-2-8-25-15;14-11-7-16-6-9-2-1-3-12(13(9)11)20(18,19)17-5-4-10(15)8-17;/h1-5,8-9,11,14,21H,6-7,10,12H2;1-3,6-7,10H,4-5,8,15H2;1H/t14-;10-;/m11./s1. The average Bonchev–Trinajstić information content (AvgIpc) is 3.83. The van der Waals surface area contributed by atoms with Crippen LogP contribution in [0.4, 0.5) is 0 Å². The van der Waals surface area contributed by atoms with Crippen LogP contribution in [0.1, 0.15) is 18.6 Å². The molecule has 2 atom stereocenters. The zero-order chi connectivity index (χ0) is 32.5. The van der Waals surface area contributed by atoms with Gasteiger partial charge < -0.3 is 15.5 Å². The maximum absolute atomic E-state index is 13.2. The molecule has 0 saturated carbocycles. The average molecular weight is 829 g/mol.